The lowest BCUT2D eigenvalue weighted by Crippen LogP contribution is -2.27. The van der Waals surface area contributed by atoms with E-state index in [9.17, 15) is 22.8 Å². The highest BCUT2D eigenvalue weighted by Crippen LogP contribution is 2.37. The number of hydrogen-bond acceptors (Lipinski definition) is 5. The van der Waals surface area contributed by atoms with Gasteiger partial charge in [-0.1, -0.05) is 66.2 Å². The van der Waals surface area contributed by atoms with Gasteiger partial charge in [0, 0.05) is 16.7 Å². The number of halogens is 4. The monoisotopic (exact) mass is 581 g/mol. The standard InChI is InChI=1S/C29H19ClF3N3O3S/c30-19-13-14-22(21(16-19)29(31,32)33)34-27(37)26(18-8-3-1-4-9-18)39-28(38)24-17-23(25-12-7-15-40-25)35-36(24)20-10-5-2-6-11-20/h1-17,26H,(H,34,37)/t26-/m0/s1. The minimum absolute atomic E-state index is 0.0332. The van der Waals surface area contributed by atoms with Crippen LogP contribution in [0.15, 0.2) is 102 Å². The van der Waals surface area contributed by atoms with Gasteiger partial charge in [-0.2, -0.15) is 18.3 Å². The first-order valence-corrected chi connectivity index (χ1v) is 13.1. The Labute approximate surface area is 235 Å². The van der Waals surface area contributed by atoms with Crippen LogP contribution >= 0.6 is 22.9 Å². The first-order chi connectivity index (χ1) is 19.2. The number of esters is 1. The Morgan fingerprint density at radius 3 is 2.27 bits per heavy atom. The van der Waals surface area contributed by atoms with Crippen LogP contribution in [-0.4, -0.2) is 21.7 Å². The van der Waals surface area contributed by atoms with Crippen LogP contribution in [0.4, 0.5) is 18.9 Å². The predicted octanol–water partition coefficient (Wildman–Crippen LogP) is 7.81. The molecule has 0 aliphatic carbocycles. The molecule has 0 unspecified atom stereocenters. The van der Waals surface area contributed by atoms with Crippen LogP contribution in [-0.2, 0) is 15.7 Å². The van der Waals surface area contributed by atoms with E-state index in [4.69, 9.17) is 16.3 Å². The molecule has 11 heteroatoms. The fourth-order valence-corrected chi connectivity index (χ4v) is 4.82. The average Bonchev–Trinajstić information content (AvgIpc) is 3.64. The number of thiophene rings is 1. The lowest BCUT2D eigenvalue weighted by atomic mass is 10.1. The number of alkyl halides is 3. The normalized spacial score (nSPS) is 12.1. The zero-order valence-electron chi connectivity index (χ0n) is 20.4. The number of para-hydroxylation sites is 1. The number of hydrogen-bond donors (Lipinski definition) is 1. The van der Waals surface area contributed by atoms with Crippen molar-refractivity contribution in [3.05, 3.63) is 124 Å². The van der Waals surface area contributed by atoms with Crippen LogP contribution in [0, 0.1) is 0 Å². The Kier molecular flexibility index (Phi) is 7.72. The summed E-state index contributed by atoms with van der Waals surface area (Å²) < 4.78 is 48.0. The quantitative estimate of drug-likeness (QED) is 0.199. The van der Waals surface area contributed by atoms with Crippen molar-refractivity contribution in [2.75, 3.05) is 5.32 Å². The molecule has 2 aromatic heterocycles. The molecule has 1 N–H and O–H groups in total. The van der Waals surface area contributed by atoms with E-state index >= 15 is 0 Å². The molecule has 0 fully saturated rings. The molecule has 0 bridgehead atoms. The fraction of sp³-hybridized carbons (Fsp3) is 0.0690. The number of carbonyl (C=O) groups excluding carboxylic acids is 2. The first kappa shape index (κ1) is 27.2. The second-order valence-corrected chi connectivity index (χ2v) is 9.90. The van der Waals surface area contributed by atoms with Gasteiger partial charge < -0.3 is 10.1 Å². The summed E-state index contributed by atoms with van der Waals surface area (Å²) in [5, 5.41) is 8.56. The zero-order valence-corrected chi connectivity index (χ0v) is 22.0. The maximum atomic E-state index is 13.7. The van der Waals surface area contributed by atoms with E-state index in [0.29, 0.717) is 17.4 Å². The minimum Gasteiger partial charge on any atom is -0.443 e. The van der Waals surface area contributed by atoms with Crippen molar-refractivity contribution in [2.24, 2.45) is 0 Å². The van der Waals surface area contributed by atoms with Gasteiger partial charge >= 0.3 is 12.1 Å². The van der Waals surface area contributed by atoms with Crippen molar-refractivity contribution in [2.45, 2.75) is 12.3 Å². The Balaban J connectivity index is 1.51. The SMILES string of the molecule is O=C(O[C@H](C(=O)Nc1ccc(Cl)cc1C(F)(F)F)c1ccccc1)c1cc(-c2cccs2)nn1-c1ccccc1. The van der Waals surface area contributed by atoms with Crippen molar-refractivity contribution in [1.82, 2.24) is 9.78 Å². The summed E-state index contributed by atoms with van der Waals surface area (Å²) >= 11 is 7.20. The molecule has 40 heavy (non-hydrogen) atoms. The highest BCUT2D eigenvalue weighted by Gasteiger charge is 2.36. The van der Waals surface area contributed by atoms with Gasteiger partial charge in [0.15, 0.2) is 5.69 Å². The number of carbonyl (C=O) groups is 2. The highest BCUT2D eigenvalue weighted by molar-refractivity contribution is 7.13. The molecule has 2 heterocycles. The van der Waals surface area contributed by atoms with Gasteiger partial charge in [-0.25, -0.2) is 9.48 Å². The van der Waals surface area contributed by atoms with Gasteiger partial charge in [0.05, 0.1) is 21.8 Å². The molecule has 6 nitrogen and oxygen atoms in total. The predicted molar refractivity (Wildman–Crippen MR) is 147 cm³/mol. The Morgan fingerprint density at radius 1 is 0.925 bits per heavy atom. The molecule has 3 aromatic carbocycles. The van der Waals surface area contributed by atoms with Crippen molar-refractivity contribution >= 4 is 40.5 Å². The maximum absolute atomic E-state index is 13.7. The largest absolute Gasteiger partial charge is 0.443 e. The molecule has 0 aliphatic heterocycles. The second kappa shape index (κ2) is 11.4. The number of aromatic nitrogens is 2. The molecule has 0 aliphatic rings. The third-order valence-electron chi connectivity index (χ3n) is 5.80. The Bertz CT molecular complexity index is 1640. The molecular weight excluding hydrogens is 563 g/mol. The van der Waals surface area contributed by atoms with E-state index in [-0.39, 0.29) is 16.3 Å². The first-order valence-electron chi connectivity index (χ1n) is 11.8. The fourth-order valence-electron chi connectivity index (χ4n) is 3.96. The highest BCUT2D eigenvalue weighted by atomic mass is 35.5. The molecule has 202 valence electrons. The van der Waals surface area contributed by atoms with E-state index in [1.165, 1.54) is 34.2 Å². The molecule has 0 spiro atoms. The van der Waals surface area contributed by atoms with Crippen LogP contribution in [0.5, 0.6) is 0 Å². The number of amides is 1. The zero-order chi connectivity index (χ0) is 28.3. The van der Waals surface area contributed by atoms with E-state index in [2.05, 4.69) is 10.4 Å². The van der Waals surface area contributed by atoms with Crippen LogP contribution in [0.25, 0.3) is 16.3 Å². The molecule has 1 amide bonds. The smallest absolute Gasteiger partial charge is 0.418 e. The van der Waals surface area contributed by atoms with Gasteiger partial charge in [-0.05, 0) is 41.8 Å². The number of nitrogens with zero attached hydrogens (tertiary/aromatic N) is 2. The summed E-state index contributed by atoms with van der Waals surface area (Å²) in [6, 6.07) is 25.1. The van der Waals surface area contributed by atoms with E-state index in [0.717, 1.165) is 10.9 Å². The lowest BCUT2D eigenvalue weighted by Gasteiger charge is -2.20. The summed E-state index contributed by atoms with van der Waals surface area (Å²) in [7, 11) is 0. The van der Waals surface area contributed by atoms with Gasteiger partial charge in [0.25, 0.3) is 5.91 Å². The lowest BCUT2D eigenvalue weighted by molar-refractivity contribution is -0.137. The van der Waals surface area contributed by atoms with Crippen molar-refractivity contribution in [1.29, 1.82) is 0 Å². The molecule has 1 atom stereocenters. The van der Waals surface area contributed by atoms with Gasteiger partial charge in [-0.15, -0.1) is 11.3 Å². The van der Waals surface area contributed by atoms with E-state index in [1.54, 1.807) is 48.5 Å². The van der Waals surface area contributed by atoms with Crippen molar-refractivity contribution < 1.29 is 27.5 Å². The number of anilines is 1. The van der Waals surface area contributed by atoms with Crippen LogP contribution in [0.2, 0.25) is 5.02 Å². The molecule has 0 radical (unpaired) electrons. The van der Waals surface area contributed by atoms with E-state index < -0.39 is 35.4 Å². The third kappa shape index (κ3) is 5.93. The summed E-state index contributed by atoms with van der Waals surface area (Å²) in [5.41, 5.74) is -0.259. The van der Waals surface area contributed by atoms with E-state index in [1.807, 2.05) is 23.6 Å². The molecule has 0 saturated carbocycles. The van der Waals surface area contributed by atoms with Crippen molar-refractivity contribution in [3.8, 4) is 16.3 Å². The van der Waals surface area contributed by atoms with Gasteiger partial charge in [0.1, 0.15) is 5.69 Å². The number of benzene rings is 3. The van der Waals surface area contributed by atoms with Crippen LogP contribution in [0.1, 0.15) is 27.7 Å². The van der Waals surface area contributed by atoms with Gasteiger partial charge in [-0.3, -0.25) is 4.79 Å². The van der Waals surface area contributed by atoms with Crippen LogP contribution in [0.3, 0.4) is 0 Å². The summed E-state index contributed by atoms with van der Waals surface area (Å²) in [5.74, 6) is -1.87. The Morgan fingerprint density at radius 2 is 1.62 bits per heavy atom. The number of nitrogens with one attached hydrogen (secondary N) is 1. The molecule has 0 saturated heterocycles. The average molecular weight is 582 g/mol. The van der Waals surface area contributed by atoms with Crippen LogP contribution < -0.4 is 5.32 Å². The second-order valence-electron chi connectivity index (χ2n) is 8.51. The molecular formula is C29H19ClF3N3O3S. The summed E-state index contributed by atoms with van der Waals surface area (Å²) in [4.78, 5) is 27.8. The maximum Gasteiger partial charge on any atom is 0.418 e. The summed E-state index contributed by atoms with van der Waals surface area (Å²) in [6.45, 7) is 0. The minimum atomic E-state index is -4.78. The molecule has 5 rings (SSSR count). The van der Waals surface area contributed by atoms with Gasteiger partial charge in [0.2, 0.25) is 6.10 Å². The number of rotatable bonds is 7. The summed E-state index contributed by atoms with van der Waals surface area (Å²) in [6.07, 6.45) is -6.36. The van der Waals surface area contributed by atoms with Crippen molar-refractivity contribution in [3.63, 3.8) is 0 Å². The topological polar surface area (TPSA) is 73.2 Å². The molecule has 5 aromatic rings. The third-order valence-corrected chi connectivity index (χ3v) is 6.93. The number of ether oxygens (including phenoxy) is 1. The Hall–Kier alpha value is -4.41.